The molecular weight excluding hydrogens is 405 g/mol. The second-order valence-electron chi connectivity index (χ2n) is 6.72. The van der Waals surface area contributed by atoms with E-state index in [1.54, 1.807) is 30.3 Å². The maximum absolute atomic E-state index is 14.2. The summed E-state index contributed by atoms with van der Waals surface area (Å²) in [5, 5.41) is 9.07. The van der Waals surface area contributed by atoms with E-state index in [2.05, 4.69) is 0 Å². The zero-order chi connectivity index (χ0) is 21.1. The van der Waals surface area contributed by atoms with Crippen molar-refractivity contribution in [2.45, 2.75) is 11.4 Å². The first-order valence-electron chi connectivity index (χ1n) is 9.29. The second kappa shape index (κ2) is 8.59. The Bertz CT molecular complexity index is 1080. The maximum atomic E-state index is 14.2. The fourth-order valence-corrected chi connectivity index (χ4v) is 4.74. The quantitative estimate of drug-likeness (QED) is 0.628. The molecule has 1 aliphatic heterocycles. The van der Waals surface area contributed by atoms with Gasteiger partial charge in [0.2, 0.25) is 0 Å². The Morgan fingerprint density at radius 1 is 0.967 bits per heavy atom. The SMILES string of the molecule is O=C(O)C1CSC(c2cccc(Oc3ccccc3)c2)N1C(=O)c1ccccc1F. The van der Waals surface area contributed by atoms with Crippen molar-refractivity contribution in [2.24, 2.45) is 0 Å². The molecule has 1 aliphatic rings. The first kappa shape index (κ1) is 20.0. The lowest BCUT2D eigenvalue weighted by Crippen LogP contribution is -2.43. The summed E-state index contributed by atoms with van der Waals surface area (Å²) in [7, 11) is 0. The average molecular weight is 423 g/mol. The van der Waals surface area contributed by atoms with Gasteiger partial charge in [-0.2, -0.15) is 0 Å². The first-order chi connectivity index (χ1) is 14.5. The van der Waals surface area contributed by atoms with Crippen molar-refractivity contribution in [3.8, 4) is 11.5 Å². The van der Waals surface area contributed by atoms with E-state index in [1.165, 1.54) is 34.9 Å². The highest BCUT2D eigenvalue weighted by atomic mass is 32.2. The minimum Gasteiger partial charge on any atom is -0.480 e. The van der Waals surface area contributed by atoms with Crippen LogP contribution < -0.4 is 4.74 Å². The van der Waals surface area contributed by atoms with Gasteiger partial charge in [-0.1, -0.05) is 42.5 Å². The van der Waals surface area contributed by atoms with Gasteiger partial charge >= 0.3 is 5.97 Å². The lowest BCUT2D eigenvalue weighted by atomic mass is 10.1. The molecule has 0 saturated carbocycles. The first-order valence-corrected chi connectivity index (χ1v) is 10.3. The van der Waals surface area contributed by atoms with Crippen LogP contribution in [0.2, 0.25) is 0 Å². The van der Waals surface area contributed by atoms with Gasteiger partial charge < -0.3 is 14.7 Å². The molecule has 4 rings (SSSR count). The summed E-state index contributed by atoms with van der Waals surface area (Å²) in [6.07, 6.45) is 0. The van der Waals surface area contributed by atoms with E-state index >= 15 is 0 Å². The number of benzene rings is 3. The number of carbonyl (C=O) groups excluding carboxylic acids is 1. The molecule has 3 aromatic rings. The summed E-state index contributed by atoms with van der Waals surface area (Å²) in [4.78, 5) is 26.2. The van der Waals surface area contributed by atoms with Crippen LogP contribution >= 0.6 is 11.8 Å². The molecule has 5 nitrogen and oxygen atoms in total. The molecule has 1 fully saturated rings. The summed E-state index contributed by atoms with van der Waals surface area (Å²) in [6.45, 7) is 0. The highest BCUT2D eigenvalue weighted by molar-refractivity contribution is 7.99. The number of rotatable bonds is 5. The lowest BCUT2D eigenvalue weighted by Gasteiger charge is -2.28. The number of ether oxygens (including phenoxy) is 1. The lowest BCUT2D eigenvalue weighted by molar-refractivity contribution is -0.141. The van der Waals surface area contributed by atoms with E-state index in [4.69, 9.17) is 4.74 Å². The molecular formula is C23H18FNO4S. The normalized spacial score (nSPS) is 18.2. The minimum absolute atomic E-state index is 0.145. The summed E-state index contributed by atoms with van der Waals surface area (Å²) in [5.41, 5.74) is 0.565. The summed E-state index contributed by atoms with van der Waals surface area (Å²) < 4.78 is 20.1. The van der Waals surface area contributed by atoms with Crippen molar-refractivity contribution in [2.75, 3.05) is 5.75 Å². The maximum Gasteiger partial charge on any atom is 0.327 e. The summed E-state index contributed by atoms with van der Waals surface area (Å²) in [6, 6.07) is 21.0. The number of hydrogen-bond acceptors (Lipinski definition) is 4. The van der Waals surface area contributed by atoms with Crippen LogP contribution in [0, 0.1) is 5.82 Å². The summed E-state index contributed by atoms with van der Waals surface area (Å²) in [5.74, 6) is -1.00. The number of carboxylic acid groups (broad SMARTS) is 1. The van der Waals surface area contributed by atoms with E-state index in [-0.39, 0.29) is 11.3 Å². The van der Waals surface area contributed by atoms with Crippen LogP contribution in [0.4, 0.5) is 4.39 Å². The molecule has 0 aromatic heterocycles. The largest absolute Gasteiger partial charge is 0.480 e. The van der Waals surface area contributed by atoms with E-state index < -0.39 is 29.1 Å². The van der Waals surface area contributed by atoms with Crippen molar-refractivity contribution >= 4 is 23.6 Å². The van der Waals surface area contributed by atoms with Gasteiger partial charge in [-0.3, -0.25) is 4.79 Å². The number of nitrogens with zero attached hydrogens (tertiary/aromatic N) is 1. The van der Waals surface area contributed by atoms with Crippen molar-refractivity contribution < 1.29 is 23.8 Å². The highest BCUT2D eigenvalue weighted by Crippen LogP contribution is 2.43. The van der Waals surface area contributed by atoms with Gasteiger partial charge in [0.25, 0.3) is 5.91 Å². The molecule has 0 bridgehead atoms. The smallest absolute Gasteiger partial charge is 0.327 e. The molecule has 2 atom stereocenters. The zero-order valence-electron chi connectivity index (χ0n) is 15.8. The van der Waals surface area contributed by atoms with Crippen LogP contribution in [0.5, 0.6) is 11.5 Å². The van der Waals surface area contributed by atoms with Crippen molar-refractivity contribution in [1.82, 2.24) is 4.90 Å². The third-order valence-corrected chi connectivity index (χ3v) is 6.07. The predicted molar refractivity (Wildman–Crippen MR) is 112 cm³/mol. The number of aliphatic carboxylic acids is 1. The molecule has 152 valence electrons. The molecule has 1 saturated heterocycles. The van der Waals surface area contributed by atoms with Gasteiger partial charge in [0.15, 0.2) is 0 Å². The monoisotopic (exact) mass is 423 g/mol. The molecule has 7 heteroatoms. The zero-order valence-corrected chi connectivity index (χ0v) is 16.6. The number of halogens is 1. The fraction of sp³-hybridized carbons (Fsp3) is 0.130. The molecule has 0 radical (unpaired) electrons. The molecule has 0 aliphatic carbocycles. The van der Waals surface area contributed by atoms with E-state index in [0.717, 1.165) is 0 Å². The van der Waals surface area contributed by atoms with E-state index in [1.807, 2.05) is 30.3 Å². The number of carboxylic acids is 1. The molecule has 3 aromatic carbocycles. The predicted octanol–water partition coefficient (Wildman–Crippen LogP) is 4.96. The van der Waals surface area contributed by atoms with Gasteiger partial charge in [-0.25, -0.2) is 9.18 Å². The third kappa shape index (κ3) is 4.02. The van der Waals surface area contributed by atoms with Gasteiger partial charge in [0.1, 0.15) is 28.7 Å². The highest BCUT2D eigenvalue weighted by Gasteiger charge is 2.43. The van der Waals surface area contributed by atoms with Crippen LogP contribution in [0.1, 0.15) is 21.3 Å². The van der Waals surface area contributed by atoms with Crippen LogP contribution in [-0.4, -0.2) is 33.7 Å². The molecule has 1 N–H and O–H groups in total. The molecule has 0 spiro atoms. The Morgan fingerprint density at radius 2 is 1.67 bits per heavy atom. The van der Waals surface area contributed by atoms with Gasteiger partial charge in [0.05, 0.1) is 5.56 Å². The van der Waals surface area contributed by atoms with Crippen molar-refractivity contribution in [3.05, 3.63) is 95.8 Å². The Hall–Kier alpha value is -3.32. The number of carbonyl (C=O) groups is 2. The standard InChI is InChI=1S/C23H18FNO4S/c24-19-12-5-4-11-18(19)21(26)25-20(23(27)28)14-30-22(25)15-7-6-10-17(13-15)29-16-8-2-1-3-9-16/h1-13,20,22H,14H2,(H,27,28). The Balaban J connectivity index is 1.67. The molecule has 2 unspecified atom stereocenters. The molecule has 1 amide bonds. The van der Waals surface area contributed by atoms with E-state index in [0.29, 0.717) is 17.1 Å². The second-order valence-corrected chi connectivity index (χ2v) is 7.83. The van der Waals surface area contributed by atoms with Gasteiger partial charge in [0, 0.05) is 5.75 Å². The third-order valence-electron chi connectivity index (χ3n) is 4.75. The Morgan fingerprint density at radius 3 is 2.40 bits per heavy atom. The average Bonchev–Trinajstić information content (AvgIpc) is 3.20. The number of hydrogen-bond donors (Lipinski definition) is 1. The Labute approximate surface area is 177 Å². The summed E-state index contributed by atoms with van der Waals surface area (Å²) >= 11 is 1.33. The molecule has 1 heterocycles. The Kier molecular flexibility index (Phi) is 5.72. The van der Waals surface area contributed by atoms with Crippen LogP contribution in [-0.2, 0) is 4.79 Å². The minimum atomic E-state index is -1.12. The van der Waals surface area contributed by atoms with Crippen LogP contribution in [0.15, 0.2) is 78.9 Å². The van der Waals surface area contributed by atoms with Gasteiger partial charge in [-0.15, -0.1) is 11.8 Å². The van der Waals surface area contributed by atoms with Gasteiger partial charge in [-0.05, 0) is 42.0 Å². The fourth-order valence-electron chi connectivity index (χ4n) is 3.33. The number of amides is 1. The number of thioether (sulfide) groups is 1. The van der Waals surface area contributed by atoms with Crippen LogP contribution in [0.3, 0.4) is 0 Å². The van der Waals surface area contributed by atoms with Crippen molar-refractivity contribution in [1.29, 1.82) is 0 Å². The number of para-hydroxylation sites is 1. The topological polar surface area (TPSA) is 66.8 Å². The van der Waals surface area contributed by atoms with Crippen molar-refractivity contribution in [3.63, 3.8) is 0 Å². The van der Waals surface area contributed by atoms with Crippen LogP contribution in [0.25, 0.3) is 0 Å². The molecule has 30 heavy (non-hydrogen) atoms. The van der Waals surface area contributed by atoms with E-state index in [9.17, 15) is 19.1 Å².